The SMILES string of the molecule is CSc1ccc(-c2ccc(SCCCC#N)s2)s1. The van der Waals surface area contributed by atoms with E-state index in [1.807, 2.05) is 34.4 Å². The molecule has 0 saturated heterocycles. The normalized spacial score (nSPS) is 10.4. The van der Waals surface area contributed by atoms with Crippen molar-refractivity contribution in [1.29, 1.82) is 5.26 Å². The first-order chi connectivity index (χ1) is 8.83. The quantitative estimate of drug-likeness (QED) is 0.513. The van der Waals surface area contributed by atoms with Crippen molar-refractivity contribution < 1.29 is 0 Å². The van der Waals surface area contributed by atoms with E-state index in [2.05, 4.69) is 36.6 Å². The van der Waals surface area contributed by atoms with Crippen molar-refractivity contribution in [2.24, 2.45) is 0 Å². The van der Waals surface area contributed by atoms with E-state index in [0.29, 0.717) is 6.42 Å². The van der Waals surface area contributed by atoms with Gasteiger partial charge >= 0.3 is 0 Å². The molecule has 2 heterocycles. The van der Waals surface area contributed by atoms with Crippen LogP contribution in [-0.4, -0.2) is 12.0 Å². The summed E-state index contributed by atoms with van der Waals surface area (Å²) in [5.41, 5.74) is 0. The summed E-state index contributed by atoms with van der Waals surface area (Å²) in [6, 6.07) is 11.0. The summed E-state index contributed by atoms with van der Waals surface area (Å²) in [6.45, 7) is 0. The summed E-state index contributed by atoms with van der Waals surface area (Å²) in [5, 5.41) is 8.48. The van der Waals surface area contributed by atoms with Gasteiger partial charge in [-0.25, -0.2) is 0 Å². The summed E-state index contributed by atoms with van der Waals surface area (Å²) in [5.74, 6) is 1.04. The zero-order chi connectivity index (χ0) is 12.8. The molecule has 2 aromatic rings. The lowest BCUT2D eigenvalue weighted by molar-refractivity contribution is 0.982. The van der Waals surface area contributed by atoms with Gasteiger partial charge in [-0.05, 0) is 42.7 Å². The monoisotopic (exact) mass is 311 g/mol. The maximum absolute atomic E-state index is 8.48. The summed E-state index contributed by atoms with van der Waals surface area (Å²) in [6.07, 6.45) is 3.75. The highest BCUT2D eigenvalue weighted by molar-refractivity contribution is 8.01. The number of thiophene rings is 2. The van der Waals surface area contributed by atoms with E-state index in [4.69, 9.17) is 5.26 Å². The molecule has 0 radical (unpaired) electrons. The van der Waals surface area contributed by atoms with E-state index in [-0.39, 0.29) is 0 Å². The Balaban J connectivity index is 1.95. The number of hydrogen-bond donors (Lipinski definition) is 0. The minimum atomic E-state index is 0.660. The molecule has 18 heavy (non-hydrogen) atoms. The molecule has 94 valence electrons. The van der Waals surface area contributed by atoms with Crippen LogP contribution in [-0.2, 0) is 0 Å². The summed E-state index contributed by atoms with van der Waals surface area (Å²) >= 11 is 7.35. The van der Waals surface area contributed by atoms with Crippen LogP contribution in [0.4, 0.5) is 0 Å². The number of unbranched alkanes of at least 4 members (excludes halogenated alkanes) is 1. The highest BCUT2D eigenvalue weighted by Crippen LogP contribution is 2.39. The Morgan fingerprint density at radius 1 is 1.11 bits per heavy atom. The van der Waals surface area contributed by atoms with Crippen molar-refractivity contribution in [3.63, 3.8) is 0 Å². The summed E-state index contributed by atoms with van der Waals surface area (Å²) in [4.78, 5) is 2.70. The van der Waals surface area contributed by atoms with E-state index in [0.717, 1.165) is 12.2 Å². The number of nitrogens with zero attached hydrogens (tertiary/aromatic N) is 1. The van der Waals surface area contributed by atoms with Crippen molar-refractivity contribution in [2.45, 2.75) is 21.3 Å². The molecule has 0 aliphatic carbocycles. The van der Waals surface area contributed by atoms with Crippen LogP contribution in [0, 0.1) is 11.3 Å². The van der Waals surface area contributed by atoms with Gasteiger partial charge in [-0.15, -0.1) is 46.2 Å². The lowest BCUT2D eigenvalue weighted by Gasteiger charge is -1.94. The zero-order valence-electron chi connectivity index (χ0n) is 10.0. The topological polar surface area (TPSA) is 23.8 Å². The van der Waals surface area contributed by atoms with Crippen molar-refractivity contribution in [1.82, 2.24) is 0 Å². The standard InChI is InChI=1S/C13H13NS4/c1-15-12-6-4-10(17-12)11-5-7-13(18-11)16-9-3-2-8-14/h4-7H,2-3,9H2,1H3. The van der Waals surface area contributed by atoms with Crippen LogP contribution in [0.25, 0.3) is 9.75 Å². The number of hydrogen-bond acceptors (Lipinski definition) is 5. The number of rotatable bonds is 6. The van der Waals surface area contributed by atoms with E-state index in [9.17, 15) is 0 Å². The lowest BCUT2D eigenvalue weighted by atomic mass is 10.4. The molecule has 2 rings (SSSR count). The summed E-state index contributed by atoms with van der Waals surface area (Å²) in [7, 11) is 0. The molecule has 5 heteroatoms. The molecule has 0 unspecified atom stereocenters. The first kappa shape index (κ1) is 14.0. The number of nitriles is 1. The number of thioether (sulfide) groups is 2. The van der Waals surface area contributed by atoms with Crippen LogP contribution >= 0.6 is 46.2 Å². The Morgan fingerprint density at radius 3 is 2.39 bits per heavy atom. The molecule has 0 spiro atoms. The van der Waals surface area contributed by atoms with E-state index in [1.165, 1.54) is 18.2 Å². The van der Waals surface area contributed by atoms with Gasteiger partial charge in [0.15, 0.2) is 0 Å². The van der Waals surface area contributed by atoms with Gasteiger partial charge in [0.1, 0.15) is 0 Å². The third-order valence-electron chi connectivity index (χ3n) is 2.28. The molecule has 0 aliphatic heterocycles. The fourth-order valence-corrected chi connectivity index (χ4v) is 5.20. The second-order valence-corrected chi connectivity index (χ2v) is 8.22. The molecule has 0 fully saturated rings. The van der Waals surface area contributed by atoms with Crippen LogP contribution < -0.4 is 0 Å². The fraction of sp³-hybridized carbons (Fsp3) is 0.308. The predicted octanol–water partition coefficient (Wildman–Crippen LogP) is 5.59. The van der Waals surface area contributed by atoms with Gasteiger partial charge < -0.3 is 0 Å². The average molecular weight is 312 g/mol. The minimum Gasteiger partial charge on any atom is -0.198 e. The Kier molecular flexibility index (Phi) is 5.64. The minimum absolute atomic E-state index is 0.660. The molecular formula is C13H13NS4. The Labute approximate surface area is 124 Å². The predicted molar refractivity (Wildman–Crippen MR) is 85.0 cm³/mol. The molecule has 0 atom stereocenters. The largest absolute Gasteiger partial charge is 0.198 e. The average Bonchev–Trinajstić information content (AvgIpc) is 3.03. The second kappa shape index (κ2) is 7.25. The van der Waals surface area contributed by atoms with Crippen LogP contribution in [0.15, 0.2) is 32.7 Å². The molecule has 0 N–H and O–H groups in total. The molecule has 0 aliphatic rings. The van der Waals surface area contributed by atoms with Crippen LogP contribution in [0.5, 0.6) is 0 Å². The molecule has 0 saturated carbocycles. The van der Waals surface area contributed by atoms with Gasteiger partial charge in [-0.3, -0.25) is 0 Å². The van der Waals surface area contributed by atoms with Gasteiger partial charge in [-0.2, -0.15) is 5.26 Å². The van der Waals surface area contributed by atoms with Crippen molar-refractivity contribution >= 4 is 46.2 Å². The van der Waals surface area contributed by atoms with E-state index in [1.54, 1.807) is 11.8 Å². The Morgan fingerprint density at radius 2 is 1.78 bits per heavy atom. The first-order valence-corrected chi connectivity index (χ1v) is 9.41. The van der Waals surface area contributed by atoms with E-state index >= 15 is 0 Å². The lowest BCUT2D eigenvalue weighted by Crippen LogP contribution is -1.75. The third-order valence-corrected chi connectivity index (χ3v) is 7.04. The highest BCUT2D eigenvalue weighted by atomic mass is 32.2. The fourth-order valence-electron chi connectivity index (χ4n) is 1.42. The van der Waals surface area contributed by atoms with Crippen LogP contribution in [0.1, 0.15) is 12.8 Å². The molecule has 2 aromatic heterocycles. The maximum atomic E-state index is 8.48. The van der Waals surface area contributed by atoms with Gasteiger partial charge in [0.25, 0.3) is 0 Å². The van der Waals surface area contributed by atoms with Crippen molar-refractivity contribution in [3.05, 3.63) is 24.3 Å². The molecule has 1 nitrogen and oxygen atoms in total. The van der Waals surface area contributed by atoms with Gasteiger partial charge in [-0.1, -0.05) is 0 Å². The van der Waals surface area contributed by atoms with Gasteiger partial charge in [0.05, 0.1) is 14.5 Å². The zero-order valence-corrected chi connectivity index (χ0v) is 13.3. The van der Waals surface area contributed by atoms with Gasteiger partial charge in [0, 0.05) is 16.2 Å². The maximum Gasteiger partial charge on any atom is 0.0622 e. The van der Waals surface area contributed by atoms with Crippen LogP contribution in [0.3, 0.4) is 0 Å². The highest BCUT2D eigenvalue weighted by Gasteiger charge is 2.06. The molecule has 0 aromatic carbocycles. The smallest absolute Gasteiger partial charge is 0.0622 e. The van der Waals surface area contributed by atoms with Crippen molar-refractivity contribution in [2.75, 3.05) is 12.0 Å². The Hall–Kier alpha value is -0.410. The first-order valence-electron chi connectivity index (χ1n) is 5.57. The van der Waals surface area contributed by atoms with Crippen LogP contribution in [0.2, 0.25) is 0 Å². The van der Waals surface area contributed by atoms with Crippen molar-refractivity contribution in [3.8, 4) is 15.8 Å². The van der Waals surface area contributed by atoms with E-state index < -0.39 is 0 Å². The molecule has 0 bridgehead atoms. The summed E-state index contributed by atoms with van der Waals surface area (Å²) < 4.78 is 2.71. The second-order valence-electron chi connectivity index (χ2n) is 3.55. The third kappa shape index (κ3) is 3.79. The van der Waals surface area contributed by atoms with Gasteiger partial charge in [0.2, 0.25) is 0 Å². The molecular weight excluding hydrogens is 298 g/mol. The Bertz CT molecular complexity index is 535. The molecule has 0 amide bonds.